The van der Waals surface area contributed by atoms with Gasteiger partial charge in [0.15, 0.2) is 23.0 Å². The van der Waals surface area contributed by atoms with E-state index >= 15 is 0 Å². The Bertz CT molecular complexity index is 1110. The second kappa shape index (κ2) is 16.2. The smallest absolute Gasteiger partial charge is 0.407 e. The standard InChI is InChI=1S/C22H26F2N4O6.C2H4O2.C2H6/c1-31-22(30)26-14-6-7-28(10-14)20(29)18-17(9-25)33-19(27-18)13-4-5-15(34-21(23)24)16(8-13)32-11-12-2-3-12;1-4-2-3;1-2/h4-5,8,12,14,21H,2-3,6-7,9-11,25H2,1H3,(H,26,30);2H,1H3;1-2H3. The molecule has 0 spiro atoms. The number of oxazole rings is 1. The monoisotopic (exact) mass is 570 g/mol. The van der Waals surface area contributed by atoms with Crippen LogP contribution in [0.15, 0.2) is 22.6 Å². The molecule has 40 heavy (non-hydrogen) atoms. The molecule has 222 valence electrons. The van der Waals surface area contributed by atoms with Crippen molar-refractivity contribution >= 4 is 18.5 Å². The molecule has 3 N–H and O–H groups in total. The molecule has 1 aromatic heterocycles. The molecule has 1 unspecified atom stereocenters. The summed E-state index contributed by atoms with van der Waals surface area (Å²) in [6, 6.07) is 4.10. The third kappa shape index (κ3) is 9.36. The highest BCUT2D eigenvalue weighted by Crippen LogP contribution is 2.36. The van der Waals surface area contributed by atoms with Crippen molar-refractivity contribution in [2.75, 3.05) is 33.9 Å². The summed E-state index contributed by atoms with van der Waals surface area (Å²) in [5, 5.41) is 2.67. The Hall–Kier alpha value is -3.94. The first-order valence-corrected chi connectivity index (χ1v) is 12.8. The van der Waals surface area contributed by atoms with Gasteiger partial charge in [-0.2, -0.15) is 8.78 Å². The quantitative estimate of drug-likeness (QED) is 0.405. The Morgan fingerprint density at radius 1 is 1.23 bits per heavy atom. The molecular formula is C26H36F2N4O8. The van der Waals surface area contributed by atoms with Crippen LogP contribution in [0.25, 0.3) is 11.5 Å². The fraction of sp³-hybridized carbons (Fsp3) is 0.538. The molecule has 1 saturated heterocycles. The molecule has 1 aliphatic carbocycles. The van der Waals surface area contributed by atoms with Gasteiger partial charge in [-0.3, -0.25) is 9.59 Å². The number of ether oxygens (including phenoxy) is 4. The molecule has 2 amide bonds. The second-order valence-electron chi connectivity index (χ2n) is 8.49. The third-order valence-electron chi connectivity index (χ3n) is 5.74. The fourth-order valence-electron chi connectivity index (χ4n) is 3.66. The molecule has 1 aliphatic heterocycles. The van der Waals surface area contributed by atoms with Crippen molar-refractivity contribution in [3.05, 3.63) is 29.7 Å². The van der Waals surface area contributed by atoms with E-state index in [4.69, 9.17) is 19.7 Å². The van der Waals surface area contributed by atoms with E-state index in [1.54, 1.807) is 4.90 Å². The van der Waals surface area contributed by atoms with Crippen molar-refractivity contribution in [2.24, 2.45) is 11.7 Å². The number of likely N-dealkylation sites (tertiary alicyclic amines) is 1. The number of nitrogens with two attached hydrogens (primary N) is 1. The number of alkyl halides is 2. The van der Waals surface area contributed by atoms with Crippen LogP contribution in [0.4, 0.5) is 13.6 Å². The number of halogens is 2. The van der Waals surface area contributed by atoms with Crippen LogP contribution in [0.5, 0.6) is 11.5 Å². The lowest BCUT2D eigenvalue weighted by Gasteiger charge is -2.15. The highest BCUT2D eigenvalue weighted by atomic mass is 19.3. The van der Waals surface area contributed by atoms with Crippen molar-refractivity contribution in [1.82, 2.24) is 15.2 Å². The van der Waals surface area contributed by atoms with Crippen LogP contribution in [0.3, 0.4) is 0 Å². The van der Waals surface area contributed by atoms with Gasteiger partial charge in [-0.05, 0) is 43.4 Å². The van der Waals surface area contributed by atoms with Gasteiger partial charge >= 0.3 is 12.7 Å². The number of amides is 2. The summed E-state index contributed by atoms with van der Waals surface area (Å²) in [5.41, 5.74) is 6.26. The first kappa shape index (κ1) is 32.3. The molecule has 2 heterocycles. The van der Waals surface area contributed by atoms with E-state index in [1.165, 1.54) is 32.4 Å². The number of alkyl carbamates (subject to hydrolysis) is 1. The second-order valence-corrected chi connectivity index (χ2v) is 8.49. The highest BCUT2D eigenvalue weighted by molar-refractivity contribution is 5.94. The zero-order valence-electron chi connectivity index (χ0n) is 23.0. The number of nitrogens with zero attached hydrogens (tertiary/aromatic N) is 2. The van der Waals surface area contributed by atoms with Crippen molar-refractivity contribution in [1.29, 1.82) is 0 Å². The van der Waals surface area contributed by atoms with Crippen LogP contribution in [0, 0.1) is 5.92 Å². The molecule has 2 aliphatic rings. The lowest BCUT2D eigenvalue weighted by atomic mass is 10.2. The van der Waals surface area contributed by atoms with Gasteiger partial charge < -0.3 is 39.3 Å². The summed E-state index contributed by atoms with van der Waals surface area (Å²) in [6.07, 6.45) is 2.06. The van der Waals surface area contributed by atoms with Gasteiger partial charge in [0.2, 0.25) is 5.89 Å². The normalized spacial score (nSPS) is 15.7. The largest absolute Gasteiger partial charge is 0.489 e. The summed E-state index contributed by atoms with van der Waals surface area (Å²) in [7, 11) is 2.58. The summed E-state index contributed by atoms with van der Waals surface area (Å²) < 4.78 is 50.0. The molecule has 1 aromatic carbocycles. The number of carbonyl (C=O) groups excluding carboxylic acids is 3. The molecule has 14 heteroatoms. The number of carbonyl (C=O) groups is 3. The molecule has 1 saturated carbocycles. The van der Waals surface area contributed by atoms with E-state index in [2.05, 4.69) is 24.5 Å². The minimum Gasteiger partial charge on any atom is -0.489 e. The maximum absolute atomic E-state index is 13.1. The Morgan fingerprint density at radius 3 is 2.50 bits per heavy atom. The van der Waals surface area contributed by atoms with Crippen LogP contribution in [0.1, 0.15) is 49.4 Å². The topological polar surface area (TPSA) is 155 Å². The number of aromatic nitrogens is 1. The van der Waals surface area contributed by atoms with E-state index in [0.717, 1.165) is 12.8 Å². The zero-order chi connectivity index (χ0) is 29.7. The molecule has 1 atom stereocenters. The van der Waals surface area contributed by atoms with Crippen LogP contribution in [-0.2, 0) is 20.8 Å². The average Bonchev–Trinajstić information content (AvgIpc) is 3.51. The van der Waals surface area contributed by atoms with Gasteiger partial charge in [0.05, 0.1) is 33.4 Å². The molecular weight excluding hydrogens is 534 g/mol. The molecule has 12 nitrogen and oxygen atoms in total. The molecule has 0 radical (unpaired) electrons. The minimum atomic E-state index is -3.00. The van der Waals surface area contributed by atoms with E-state index < -0.39 is 12.7 Å². The molecule has 2 fully saturated rings. The Balaban J connectivity index is 0.000000858. The van der Waals surface area contributed by atoms with Crippen molar-refractivity contribution < 1.29 is 46.5 Å². The van der Waals surface area contributed by atoms with Gasteiger partial charge in [-0.1, -0.05) is 13.8 Å². The van der Waals surface area contributed by atoms with Gasteiger partial charge in [0.1, 0.15) is 0 Å². The first-order valence-electron chi connectivity index (χ1n) is 12.8. The lowest BCUT2D eigenvalue weighted by Crippen LogP contribution is -2.38. The highest BCUT2D eigenvalue weighted by Gasteiger charge is 2.32. The number of rotatable bonds is 10. The molecule has 4 rings (SSSR count). The van der Waals surface area contributed by atoms with Crippen LogP contribution in [0.2, 0.25) is 0 Å². The van der Waals surface area contributed by atoms with Gasteiger partial charge in [-0.25, -0.2) is 9.78 Å². The molecule has 0 bridgehead atoms. The number of nitrogens with one attached hydrogen (secondary N) is 1. The minimum absolute atomic E-state index is 0.0598. The number of methoxy groups -OCH3 is 2. The van der Waals surface area contributed by atoms with Crippen molar-refractivity contribution in [2.45, 2.75) is 52.3 Å². The van der Waals surface area contributed by atoms with Gasteiger partial charge in [0, 0.05) is 18.7 Å². The maximum atomic E-state index is 13.1. The Morgan fingerprint density at radius 2 is 1.93 bits per heavy atom. The third-order valence-corrected chi connectivity index (χ3v) is 5.74. The average molecular weight is 571 g/mol. The SMILES string of the molecule is CC.COC(=O)NC1CCN(C(=O)c2nc(-c3ccc(OC(F)F)c(OCC4CC4)c3)oc2CN)C1.COC=O. The summed E-state index contributed by atoms with van der Waals surface area (Å²) in [6.45, 7) is 2.41. The van der Waals surface area contributed by atoms with Crippen LogP contribution in [-0.4, -0.2) is 74.9 Å². The van der Waals surface area contributed by atoms with Crippen LogP contribution >= 0.6 is 0 Å². The summed E-state index contributed by atoms with van der Waals surface area (Å²) in [5.74, 6) is 0.358. The fourth-order valence-corrected chi connectivity index (χ4v) is 3.66. The zero-order valence-corrected chi connectivity index (χ0v) is 23.0. The van der Waals surface area contributed by atoms with Crippen molar-refractivity contribution in [3.63, 3.8) is 0 Å². The number of hydrogen-bond donors (Lipinski definition) is 2. The van der Waals surface area contributed by atoms with E-state index in [1.807, 2.05) is 13.8 Å². The van der Waals surface area contributed by atoms with E-state index in [-0.39, 0.29) is 47.3 Å². The Labute approximate surface area is 231 Å². The summed E-state index contributed by atoms with van der Waals surface area (Å²) >= 11 is 0. The Kier molecular flexibility index (Phi) is 13.1. The lowest BCUT2D eigenvalue weighted by molar-refractivity contribution is -0.126. The maximum Gasteiger partial charge on any atom is 0.407 e. The van der Waals surface area contributed by atoms with E-state index in [9.17, 15) is 18.4 Å². The molecule has 2 aromatic rings. The number of hydrogen-bond acceptors (Lipinski definition) is 10. The van der Waals surface area contributed by atoms with E-state index in [0.29, 0.717) is 44.1 Å². The van der Waals surface area contributed by atoms with Crippen LogP contribution < -0.4 is 20.5 Å². The van der Waals surface area contributed by atoms with Gasteiger partial charge in [-0.15, -0.1) is 0 Å². The predicted molar refractivity (Wildman–Crippen MR) is 139 cm³/mol. The van der Waals surface area contributed by atoms with Crippen molar-refractivity contribution in [3.8, 4) is 23.0 Å². The van der Waals surface area contributed by atoms with Gasteiger partial charge in [0.25, 0.3) is 12.4 Å². The first-order chi connectivity index (χ1) is 19.3. The number of benzene rings is 1. The predicted octanol–water partition coefficient (Wildman–Crippen LogP) is 3.58. The summed E-state index contributed by atoms with van der Waals surface area (Å²) in [4.78, 5) is 39.3.